The highest BCUT2D eigenvalue weighted by Gasteiger charge is 2.23. The molecule has 0 aliphatic rings. The molecule has 0 N–H and O–H groups in total. The van der Waals surface area contributed by atoms with E-state index >= 15 is 0 Å². The molecule has 4 heteroatoms. The standard InChI is InChI=1S/C44H27N3S/c1-3-13-28(14-4-1)29-23-25-31(26-24-29)37-27-36(30-15-5-2-6-16-30)45-44(46-37)47-38-21-11-9-19-34(38)40-32-17-7-8-18-33(32)43-41(42(40)47)35-20-10-12-22-39(35)48-43/h1-27H. The van der Waals surface area contributed by atoms with Crippen LogP contribution in [0.3, 0.4) is 0 Å². The van der Waals surface area contributed by atoms with Crippen molar-refractivity contribution in [1.29, 1.82) is 0 Å². The van der Waals surface area contributed by atoms with Gasteiger partial charge in [-0.05, 0) is 34.7 Å². The van der Waals surface area contributed by atoms with Gasteiger partial charge in [0.1, 0.15) is 0 Å². The molecule has 10 rings (SSSR count). The molecule has 0 fully saturated rings. The minimum absolute atomic E-state index is 0.663. The van der Waals surface area contributed by atoms with Crippen LogP contribution in [0.2, 0.25) is 0 Å². The van der Waals surface area contributed by atoms with Crippen molar-refractivity contribution in [2.75, 3.05) is 0 Å². The SMILES string of the molecule is c1ccc(-c2ccc(-c3cc(-c4ccccc4)nc(-n4c5ccccc5c5c6ccccc6c6sc7ccccc7c6c54)n3)cc2)cc1. The van der Waals surface area contributed by atoms with E-state index in [4.69, 9.17) is 9.97 Å². The van der Waals surface area contributed by atoms with Crippen LogP contribution < -0.4 is 0 Å². The van der Waals surface area contributed by atoms with Crippen LogP contribution in [0.5, 0.6) is 0 Å². The summed E-state index contributed by atoms with van der Waals surface area (Å²) in [5.74, 6) is 0.663. The van der Waals surface area contributed by atoms with E-state index in [9.17, 15) is 0 Å². The first-order valence-electron chi connectivity index (χ1n) is 16.2. The Balaban J connectivity index is 1.32. The van der Waals surface area contributed by atoms with Crippen molar-refractivity contribution in [3.8, 4) is 39.6 Å². The summed E-state index contributed by atoms with van der Waals surface area (Å²) >= 11 is 1.87. The molecule has 3 heterocycles. The van der Waals surface area contributed by atoms with E-state index in [-0.39, 0.29) is 0 Å². The van der Waals surface area contributed by atoms with Gasteiger partial charge in [0.05, 0.1) is 22.4 Å². The molecule has 0 aliphatic carbocycles. The predicted molar refractivity (Wildman–Crippen MR) is 203 cm³/mol. The first-order chi connectivity index (χ1) is 23.8. The number of thiophene rings is 1. The third-order valence-corrected chi connectivity index (χ3v) is 10.6. The quantitative estimate of drug-likeness (QED) is 0.194. The molecule has 7 aromatic carbocycles. The van der Waals surface area contributed by atoms with Gasteiger partial charge < -0.3 is 0 Å². The Morgan fingerprint density at radius 1 is 0.417 bits per heavy atom. The number of rotatable bonds is 4. The van der Waals surface area contributed by atoms with Gasteiger partial charge in [-0.25, -0.2) is 9.97 Å². The summed E-state index contributed by atoms with van der Waals surface area (Å²) in [4.78, 5) is 10.7. The minimum atomic E-state index is 0.663. The average molecular weight is 630 g/mol. The normalized spacial score (nSPS) is 11.8. The second-order valence-corrected chi connectivity index (χ2v) is 13.2. The van der Waals surface area contributed by atoms with Gasteiger partial charge in [0.2, 0.25) is 5.95 Å². The van der Waals surface area contributed by atoms with Crippen LogP contribution in [0, 0.1) is 0 Å². The number of benzene rings is 7. The Kier molecular flexibility index (Phi) is 6.05. The molecule has 3 nitrogen and oxygen atoms in total. The zero-order valence-electron chi connectivity index (χ0n) is 25.8. The van der Waals surface area contributed by atoms with Crippen molar-refractivity contribution in [2.45, 2.75) is 0 Å². The van der Waals surface area contributed by atoms with Crippen LogP contribution in [-0.4, -0.2) is 14.5 Å². The van der Waals surface area contributed by atoms with Gasteiger partial charge in [0.25, 0.3) is 0 Å². The summed E-state index contributed by atoms with van der Waals surface area (Å²) in [6, 6.07) is 58.1. The van der Waals surface area contributed by atoms with Gasteiger partial charge in [-0.1, -0.05) is 146 Å². The van der Waals surface area contributed by atoms with E-state index in [0.717, 1.165) is 33.5 Å². The van der Waals surface area contributed by atoms with Crippen LogP contribution in [-0.2, 0) is 0 Å². The summed E-state index contributed by atoms with van der Waals surface area (Å²) in [5.41, 5.74) is 8.50. The summed E-state index contributed by atoms with van der Waals surface area (Å²) in [5, 5.41) is 7.47. The number of fused-ring (bicyclic) bond motifs is 10. The molecule has 10 aromatic rings. The first kappa shape index (κ1) is 27.1. The highest BCUT2D eigenvalue weighted by atomic mass is 32.1. The molecule has 48 heavy (non-hydrogen) atoms. The summed E-state index contributed by atoms with van der Waals surface area (Å²) < 4.78 is 4.88. The number of aromatic nitrogens is 3. The van der Waals surface area contributed by atoms with Gasteiger partial charge in [-0.2, -0.15) is 0 Å². The summed E-state index contributed by atoms with van der Waals surface area (Å²) in [6.45, 7) is 0. The largest absolute Gasteiger partial charge is 0.277 e. The van der Waals surface area contributed by atoms with Crippen molar-refractivity contribution in [1.82, 2.24) is 14.5 Å². The van der Waals surface area contributed by atoms with Crippen LogP contribution in [0.25, 0.3) is 92.3 Å². The summed E-state index contributed by atoms with van der Waals surface area (Å²) in [7, 11) is 0. The minimum Gasteiger partial charge on any atom is -0.277 e. The fraction of sp³-hybridized carbons (Fsp3) is 0. The third kappa shape index (κ3) is 4.13. The Morgan fingerprint density at radius 3 is 1.67 bits per heavy atom. The van der Waals surface area contributed by atoms with Crippen molar-refractivity contribution >= 4 is 64.1 Å². The highest BCUT2D eigenvalue weighted by Crippen LogP contribution is 2.47. The van der Waals surface area contributed by atoms with Crippen LogP contribution >= 0.6 is 11.3 Å². The van der Waals surface area contributed by atoms with E-state index in [2.05, 4.69) is 162 Å². The molecule has 0 unspecified atom stereocenters. The van der Waals surface area contributed by atoms with Gasteiger partial charge in [-0.3, -0.25) is 4.57 Å². The molecule has 0 saturated carbocycles. The number of hydrogen-bond acceptors (Lipinski definition) is 3. The Labute approximate surface area is 281 Å². The molecule has 0 spiro atoms. The smallest absolute Gasteiger partial charge is 0.235 e. The number of nitrogens with zero attached hydrogens (tertiary/aromatic N) is 3. The van der Waals surface area contributed by atoms with Crippen molar-refractivity contribution in [2.24, 2.45) is 0 Å². The fourth-order valence-electron chi connectivity index (χ4n) is 7.23. The predicted octanol–water partition coefficient (Wildman–Crippen LogP) is 12.1. The highest BCUT2D eigenvalue weighted by molar-refractivity contribution is 7.27. The van der Waals surface area contributed by atoms with Crippen molar-refractivity contribution < 1.29 is 0 Å². The molecule has 0 atom stereocenters. The maximum absolute atomic E-state index is 5.38. The van der Waals surface area contributed by atoms with E-state index < -0.39 is 0 Å². The molecule has 0 radical (unpaired) electrons. The Morgan fingerprint density at radius 2 is 0.938 bits per heavy atom. The lowest BCUT2D eigenvalue weighted by molar-refractivity contribution is 0.998. The van der Waals surface area contributed by atoms with Crippen LogP contribution in [0.1, 0.15) is 0 Å². The Hall–Kier alpha value is -6.10. The monoisotopic (exact) mass is 629 g/mol. The number of para-hydroxylation sites is 1. The molecular formula is C44H27N3S. The van der Waals surface area contributed by atoms with Crippen LogP contribution in [0.4, 0.5) is 0 Å². The zero-order valence-corrected chi connectivity index (χ0v) is 26.7. The van der Waals surface area contributed by atoms with Gasteiger partial charge >= 0.3 is 0 Å². The molecule has 0 aliphatic heterocycles. The van der Waals surface area contributed by atoms with Crippen molar-refractivity contribution in [3.05, 3.63) is 164 Å². The molecule has 0 amide bonds. The van der Waals surface area contributed by atoms with E-state index in [1.807, 2.05) is 17.4 Å². The van der Waals surface area contributed by atoms with E-state index in [1.165, 1.54) is 52.8 Å². The lowest BCUT2D eigenvalue weighted by Gasteiger charge is -2.13. The average Bonchev–Trinajstić information content (AvgIpc) is 3.72. The molecule has 0 bridgehead atoms. The molecular weight excluding hydrogens is 603 g/mol. The molecule has 0 saturated heterocycles. The summed E-state index contributed by atoms with van der Waals surface area (Å²) in [6.07, 6.45) is 0. The van der Waals surface area contributed by atoms with E-state index in [0.29, 0.717) is 5.95 Å². The maximum atomic E-state index is 5.38. The fourth-order valence-corrected chi connectivity index (χ4v) is 8.47. The lowest BCUT2D eigenvalue weighted by Crippen LogP contribution is -2.04. The first-order valence-corrected chi connectivity index (χ1v) is 17.0. The second-order valence-electron chi connectivity index (χ2n) is 12.2. The molecule has 3 aromatic heterocycles. The van der Waals surface area contributed by atoms with Gasteiger partial charge in [0.15, 0.2) is 0 Å². The zero-order chi connectivity index (χ0) is 31.6. The third-order valence-electron chi connectivity index (χ3n) is 9.42. The van der Waals surface area contributed by atoms with E-state index in [1.54, 1.807) is 0 Å². The Bertz CT molecular complexity index is 2810. The van der Waals surface area contributed by atoms with Crippen molar-refractivity contribution in [3.63, 3.8) is 0 Å². The van der Waals surface area contributed by atoms with Gasteiger partial charge in [-0.15, -0.1) is 11.3 Å². The van der Waals surface area contributed by atoms with Crippen LogP contribution in [0.15, 0.2) is 164 Å². The molecule has 224 valence electrons. The number of hydrogen-bond donors (Lipinski definition) is 0. The lowest BCUT2D eigenvalue weighted by atomic mass is 10.00. The van der Waals surface area contributed by atoms with Gasteiger partial charge in [0, 0.05) is 47.5 Å². The maximum Gasteiger partial charge on any atom is 0.235 e. The second kappa shape index (κ2) is 10.7. The topological polar surface area (TPSA) is 30.7 Å².